The Bertz CT molecular complexity index is 396. The molecule has 0 aliphatic carbocycles. The van der Waals surface area contributed by atoms with Gasteiger partial charge in [-0.3, -0.25) is 4.79 Å². The number of amides is 1. The fourth-order valence-corrected chi connectivity index (χ4v) is 1.78. The fourth-order valence-electron chi connectivity index (χ4n) is 1.78. The van der Waals surface area contributed by atoms with Crippen molar-refractivity contribution in [2.45, 2.75) is 25.5 Å². The van der Waals surface area contributed by atoms with E-state index >= 15 is 0 Å². The summed E-state index contributed by atoms with van der Waals surface area (Å²) in [6.45, 7) is 2.15. The molecule has 0 fully saturated rings. The first-order chi connectivity index (χ1) is 8.60. The van der Waals surface area contributed by atoms with Crippen LogP contribution < -0.4 is 15.8 Å². The molecule has 0 aliphatic heterocycles. The molecule has 2 unspecified atom stereocenters. The van der Waals surface area contributed by atoms with Gasteiger partial charge in [0, 0.05) is 18.2 Å². The second-order valence-corrected chi connectivity index (χ2v) is 4.03. The molecule has 1 aromatic carbocycles. The summed E-state index contributed by atoms with van der Waals surface area (Å²) in [6, 6.07) is 7.66. The normalized spacial score (nSPS) is 13.9. The van der Waals surface area contributed by atoms with Gasteiger partial charge in [-0.1, -0.05) is 25.1 Å². The van der Waals surface area contributed by atoms with E-state index in [9.17, 15) is 9.90 Å². The number of aliphatic hydroxyl groups excluding tert-OH is 1. The predicted octanol–water partition coefficient (Wildman–Crippen LogP) is 0.582. The van der Waals surface area contributed by atoms with Crippen LogP contribution in [0.5, 0.6) is 5.75 Å². The zero-order chi connectivity index (χ0) is 13.5. The van der Waals surface area contributed by atoms with Crippen molar-refractivity contribution in [3.05, 3.63) is 29.8 Å². The lowest BCUT2D eigenvalue weighted by Gasteiger charge is -2.20. The van der Waals surface area contributed by atoms with Crippen LogP contribution in [0, 0.1) is 0 Å². The van der Waals surface area contributed by atoms with Crippen LogP contribution in [-0.2, 0) is 4.79 Å². The zero-order valence-electron chi connectivity index (χ0n) is 10.7. The summed E-state index contributed by atoms with van der Waals surface area (Å²) in [7, 11) is 1.61. The summed E-state index contributed by atoms with van der Waals surface area (Å²) >= 11 is 0. The number of primary amides is 1. The SMILES string of the molecule is CCC(NCC(O)C(N)=O)c1ccccc1OC. The van der Waals surface area contributed by atoms with Crippen LogP contribution >= 0.6 is 0 Å². The smallest absolute Gasteiger partial charge is 0.247 e. The molecule has 0 saturated heterocycles. The van der Waals surface area contributed by atoms with Crippen molar-refractivity contribution in [2.24, 2.45) is 5.73 Å². The van der Waals surface area contributed by atoms with E-state index in [4.69, 9.17) is 10.5 Å². The molecule has 0 saturated carbocycles. The minimum Gasteiger partial charge on any atom is -0.496 e. The molecule has 0 spiro atoms. The molecule has 0 radical (unpaired) electrons. The Hall–Kier alpha value is -1.59. The number of hydrogen-bond donors (Lipinski definition) is 3. The standard InChI is InChI=1S/C13H20N2O3/c1-3-10(15-8-11(16)13(14)17)9-6-4-5-7-12(9)18-2/h4-7,10-11,15-16H,3,8H2,1-2H3,(H2,14,17). The van der Waals surface area contributed by atoms with Gasteiger partial charge >= 0.3 is 0 Å². The van der Waals surface area contributed by atoms with Gasteiger partial charge in [0.05, 0.1) is 7.11 Å². The molecule has 1 amide bonds. The average Bonchev–Trinajstić information content (AvgIpc) is 2.39. The maximum atomic E-state index is 10.8. The molecular formula is C13H20N2O3. The van der Waals surface area contributed by atoms with Crippen LogP contribution in [0.4, 0.5) is 0 Å². The number of hydrogen-bond acceptors (Lipinski definition) is 4. The van der Waals surface area contributed by atoms with E-state index in [-0.39, 0.29) is 12.6 Å². The summed E-state index contributed by atoms with van der Waals surface area (Å²) < 4.78 is 5.29. The monoisotopic (exact) mass is 252 g/mol. The van der Waals surface area contributed by atoms with E-state index in [1.807, 2.05) is 31.2 Å². The Morgan fingerprint density at radius 3 is 2.72 bits per heavy atom. The number of methoxy groups -OCH3 is 1. The Morgan fingerprint density at radius 1 is 1.50 bits per heavy atom. The predicted molar refractivity (Wildman–Crippen MR) is 69.2 cm³/mol. The van der Waals surface area contributed by atoms with Gasteiger partial charge in [0.15, 0.2) is 0 Å². The minimum absolute atomic E-state index is 0.00940. The molecule has 5 heteroatoms. The number of nitrogens with one attached hydrogen (secondary N) is 1. The number of ether oxygens (including phenoxy) is 1. The van der Waals surface area contributed by atoms with Crippen molar-refractivity contribution in [1.29, 1.82) is 0 Å². The number of aliphatic hydroxyl groups is 1. The largest absolute Gasteiger partial charge is 0.496 e. The van der Waals surface area contributed by atoms with E-state index in [2.05, 4.69) is 5.32 Å². The Balaban J connectivity index is 2.74. The van der Waals surface area contributed by atoms with E-state index in [1.165, 1.54) is 0 Å². The molecule has 0 bridgehead atoms. The van der Waals surface area contributed by atoms with Crippen molar-refractivity contribution in [1.82, 2.24) is 5.32 Å². The summed E-state index contributed by atoms with van der Waals surface area (Å²) in [5, 5.41) is 12.5. The first-order valence-corrected chi connectivity index (χ1v) is 5.93. The molecule has 1 rings (SSSR count). The number of carbonyl (C=O) groups is 1. The molecule has 4 N–H and O–H groups in total. The Morgan fingerprint density at radius 2 is 2.17 bits per heavy atom. The van der Waals surface area contributed by atoms with Gasteiger partial charge in [0.2, 0.25) is 5.91 Å². The van der Waals surface area contributed by atoms with Crippen molar-refractivity contribution in [2.75, 3.05) is 13.7 Å². The molecule has 1 aromatic rings. The molecule has 5 nitrogen and oxygen atoms in total. The highest BCUT2D eigenvalue weighted by molar-refractivity contribution is 5.78. The second kappa shape index (κ2) is 6.98. The molecule has 0 heterocycles. The Labute approximate surface area is 107 Å². The Kier molecular flexibility index (Phi) is 5.61. The van der Waals surface area contributed by atoms with Crippen LogP contribution in [0.1, 0.15) is 24.9 Å². The van der Waals surface area contributed by atoms with Gasteiger partial charge < -0.3 is 20.9 Å². The van der Waals surface area contributed by atoms with Gasteiger partial charge in [0.25, 0.3) is 0 Å². The quantitative estimate of drug-likeness (QED) is 0.663. The van der Waals surface area contributed by atoms with Crippen LogP contribution in [0.15, 0.2) is 24.3 Å². The highest BCUT2D eigenvalue weighted by Crippen LogP contribution is 2.26. The van der Waals surface area contributed by atoms with Crippen molar-refractivity contribution >= 4 is 5.91 Å². The van der Waals surface area contributed by atoms with Gasteiger partial charge in [-0.2, -0.15) is 0 Å². The van der Waals surface area contributed by atoms with Gasteiger partial charge in [-0.25, -0.2) is 0 Å². The maximum absolute atomic E-state index is 10.8. The van der Waals surface area contributed by atoms with Crippen LogP contribution in [0.25, 0.3) is 0 Å². The highest BCUT2D eigenvalue weighted by atomic mass is 16.5. The summed E-state index contributed by atoms with van der Waals surface area (Å²) in [5.41, 5.74) is 6.00. The van der Waals surface area contributed by atoms with Crippen molar-refractivity contribution in [3.63, 3.8) is 0 Å². The van der Waals surface area contributed by atoms with Crippen LogP contribution in [0.2, 0.25) is 0 Å². The summed E-state index contributed by atoms with van der Waals surface area (Å²) in [5.74, 6) is 0.0581. The van der Waals surface area contributed by atoms with Crippen LogP contribution in [0.3, 0.4) is 0 Å². The highest BCUT2D eigenvalue weighted by Gasteiger charge is 2.17. The lowest BCUT2D eigenvalue weighted by Crippen LogP contribution is -2.39. The number of rotatable bonds is 7. The van der Waals surface area contributed by atoms with E-state index in [0.717, 1.165) is 17.7 Å². The van der Waals surface area contributed by atoms with Gasteiger partial charge in [-0.15, -0.1) is 0 Å². The third-order valence-corrected chi connectivity index (χ3v) is 2.81. The third-order valence-electron chi connectivity index (χ3n) is 2.81. The number of para-hydroxylation sites is 1. The number of nitrogens with two attached hydrogens (primary N) is 1. The molecule has 0 aliphatic rings. The third kappa shape index (κ3) is 3.72. The fraction of sp³-hybridized carbons (Fsp3) is 0.462. The topological polar surface area (TPSA) is 84.6 Å². The van der Waals surface area contributed by atoms with Gasteiger partial charge in [-0.05, 0) is 12.5 Å². The second-order valence-electron chi connectivity index (χ2n) is 4.03. The molecule has 100 valence electrons. The van der Waals surface area contributed by atoms with Crippen molar-refractivity contribution in [3.8, 4) is 5.75 Å². The first-order valence-electron chi connectivity index (χ1n) is 5.93. The maximum Gasteiger partial charge on any atom is 0.247 e. The molecule has 0 aromatic heterocycles. The molecule has 18 heavy (non-hydrogen) atoms. The van der Waals surface area contributed by atoms with E-state index in [1.54, 1.807) is 7.11 Å². The van der Waals surface area contributed by atoms with Gasteiger partial charge in [0.1, 0.15) is 11.9 Å². The van der Waals surface area contributed by atoms with E-state index in [0.29, 0.717) is 0 Å². The minimum atomic E-state index is -1.17. The zero-order valence-corrected chi connectivity index (χ0v) is 10.7. The molecule has 2 atom stereocenters. The number of benzene rings is 1. The van der Waals surface area contributed by atoms with Crippen molar-refractivity contribution < 1.29 is 14.6 Å². The number of carbonyl (C=O) groups excluding carboxylic acids is 1. The first kappa shape index (κ1) is 14.5. The molecular weight excluding hydrogens is 232 g/mol. The summed E-state index contributed by atoms with van der Waals surface area (Å²) in [4.78, 5) is 10.8. The van der Waals surface area contributed by atoms with E-state index < -0.39 is 12.0 Å². The average molecular weight is 252 g/mol. The lowest BCUT2D eigenvalue weighted by atomic mass is 10.0. The van der Waals surface area contributed by atoms with Crippen LogP contribution in [-0.4, -0.2) is 30.8 Å². The summed E-state index contributed by atoms with van der Waals surface area (Å²) in [6.07, 6.45) is -0.361. The lowest BCUT2D eigenvalue weighted by molar-refractivity contribution is -0.125.